The summed E-state index contributed by atoms with van der Waals surface area (Å²) in [5.41, 5.74) is 8.32. The number of benzene rings is 2. The molecule has 2 aromatic carbocycles. The van der Waals surface area contributed by atoms with Gasteiger partial charge in [-0.3, -0.25) is 14.4 Å². The minimum absolute atomic E-state index is 0.102. The number of aromatic hydroxyl groups is 1. The van der Waals surface area contributed by atoms with Gasteiger partial charge in [-0.25, -0.2) is 0 Å². The minimum atomic E-state index is -0.739. The Labute approximate surface area is 187 Å². The molecule has 1 aliphatic rings. The summed E-state index contributed by atoms with van der Waals surface area (Å²) < 4.78 is 0. The first-order valence-electron chi connectivity index (χ1n) is 10.8. The van der Waals surface area contributed by atoms with Crippen LogP contribution < -0.4 is 16.4 Å². The van der Waals surface area contributed by atoms with Crippen molar-refractivity contribution in [2.75, 3.05) is 6.54 Å². The van der Waals surface area contributed by atoms with E-state index in [1.54, 1.807) is 24.0 Å². The standard InChI is InChI=1S/C24H30N4O4/c1-16(27-22(30)13-17-8-10-20(29)11-9-17)24(32)28-12-2-3-21(28)23(31)26-15-19-6-4-18(14-25)5-7-19/h4-11,16,21,29H,2-3,12-15,25H2,1H3,(H,26,31)(H,27,30). The van der Waals surface area contributed by atoms with Gasteiger partial charge in [-0.1, -0.05) is 36.4 Å². The van der Waals surface area contributed by atoms with E-state index in [-0.39, 0.29) is 29.9 Å². The first-order chi connectivity index (χ1) is 15.4. The van der Waals surface area contributed by atoms with Gasteiger partial charge in [0.1, 0.15) is 17.8 Å². The molecule has 1 saturated heterocycles. The number of hydrogen-bond donors (Lipinski definition) is 4. The highest BCUT2D eigenvalue weighted by Crippen LogP contribution is 2.19. The fourth-order valence-electron chi connectivity index (χ4n) is 3.81. The van der Waals surface area contributed by atoms with Crippen molar-refractivity contribution < 1.29 is 19.5 Å². The third-order valence-electron chi connectivity index (χ3n) is 5.61. The van der Waals surface area contributed by atoms with Gasteiger partial charge in [0, 0.05) is 19.6 Å². The Bertz CT molecular complexity index is 943. The van der Waals surface area contributed by atoms with Gasteiger partial charge in [-0.15, -0.1) is 0 Å². The first kappa shape index (κ1) is 23.3. The summed E-state index contributed by atoms with van der Waals surface area (Å²) in [7, 11) is 0. The van der Waals surface area contributed by atoms with Crippen LogP contribution in [0.5, 0.6) is 5.75 Å². The average Bonchev–Trinajstić information content (AvgIpc) is 3.28. The number of rotatable bonds is 8. The zero-order chi connectivity index (χ0) is 23.1. The maximum absolute atomic E-state index is 12.9. The van der Waals surface area contributed by atoms with Crippen LogP contribution >= 0.6 is 0 Å². The third-order valence-corrected chi connectivity index (χ3v) is 5.61. The van der Waals surface area contributed by atoms with Crippen LogP contribution in [0.2, 0.25) is 0 Å². The molecule has 3 amide bonds. The van der Waals surface area contributed by atoms with Crippen LogP contribution in [0.1, 0.15) is 36.5 Å². The summed E-state index contributed by atoms with van der Waals surface area (Å²) in [6.45, 7) is 2.96. The van der Waals surface area contributed by atoms with Crippen molar-refractivity contribution in [1.82, 2.24) is 15.5 Å². The van der Waals surface area contributed by atoms with Crippen LogP contribution in [-0.4, -0.2) is 46.4 Å². The number of phenols is 1. The Balaban J connectivity index is 1.52. The summed E-state index contributed by atoms with van der Waals surface area (Å²) in [4.78, 5) is 39.5. The zero-order valence-electron chi connectivity index (χ0n) is 18.2. The molecule has 170 valence electrons. The van der Waals surface area contributed by atoms with E-state index < -0.39 is 12.1 Å². The predicted octanol–water partition coefficient (Wildman–Crippen LogP) is 1.21. The molecule has 2 unspecified atom stereocenters. The van der Waals surface area contributed by atoms with E-state index in [1.165, 1.54) is 12.1 Å². The molecule has 5 N–H and O–H groups in total. The number of hydrogen-bond acceptors (Lipinski definition) is 5. The second-order valence-corrected chi connectivity index (χ2v) is 8.06. The molecule has 0 bridgehead atoms. The van der Waals surface area contributed by atoms with Gasteiger partial charge in [-0.2, -0.15) is 0 Å². The largest absolute Gasteiger partial charge is 0.508 e. The molecule has 1 aliphatic heterocycles. The van der Waals surface area contributed by atoms with Gasteiger partial charge in [-0.05, 0) is 48.6 Å². The second kappa shape index (κ2) is 10.8. The molecule has 0 radical (unpaired) electrons. The van der Waals surface area contributed by atoms with Gasteiger partial charge in [0.2, 0.25) is 17.7 Å². The quantitative estimate of drug-likeness (QED) is 0.493. The molecule has 0 aromatic heterocycles. The van der Waals surface area contributed by atoms with Crippen molar-refractivity contribution in [1.29, 1.82) is 0 Å². The zero-order valence-corrected chi connectivity index (χ0v) is 18.2. The van der Waals surface area contributed by atoms with E-state index in [2.05, 4.69) is 10.6 Å². The van der Waals surface area contributed by atoms with Crippen molar-refractivity contribution in [3.8, 4) is 5.75 Å². The Hall–Kier alpha value is -3.39. The van der Waals surface area contributed by atoms with E-state index in [0.29, 0.717) is 26.1 Å². The van der Waals surface area contributed by atoms with Gasteiger partial charge in [0.05, 0.1) is 6.42 Å². The second-order valence-electron chi connectivity index (χ2n) is 8.06. The molecule has 1 heterocycles. The monoisotopic (exact) mass is 438 g/mol. The Morgan fingerprint density at radius 3 is 2.34 bits per heavy atom. The SMILES string of the molecule is CC(NC(=O)Cc1ccc(O)cc1)C(=O)N1CCCC1C(=O)NCc1ccc(CN)cc1. The molecule has 0 saturated carbocycles. The van der Waals surface area contributed by atoms with E-state index in [0.717, 1.165) is 23.1 Å². The van der Waals surface area contributed by atoms with E-state index in [4.69, 9.17) is 5.73 Å². The molecule has 0 aliphatic carbocycles. The summed E-state index contributed by atoms with van der Waals surface area (Å²) in [6, 6.07) is 12.8. The fourth-order valence-corrected chi connectivity index (χ4v) is 3.81. The molecule has 3 rings (SSSR count). The number of likely N-dealkylation sites (tertiary alicyclic amines) is 1. The Kier molecular flexibility index (Phi) is 7.83. The van der Waals surface area contributed by atoms with Gasteiger partial charge < -0.3 is 26.4 Å². The topological polar surface area (TPSA) is 125 Å². The van der Waals surface area contributed by atoms with Crippen LogP contribution in [0.25, 0.3) is 0 Å². The number of carbonyl (C=O) groups is 3. The maximum atomic E-state index is 12.9. The van der Waals surface area contributed by atoms with Gasteiger partial charge in [0.25, 0.3) is 0 Å². The van der Waals surface area contributed by atoms with E-state index in [1.807, 2.05) is 24.3 Å². The molecule has 8 nitrogen and oxygen atoms in total. The molecule has 32 heavy (non-hydrogen) atoms. The smallest absolute Gasteiger partial charge is 0.245 e. The lowest BCUT2D eigenvalue weighted by atomic mass is 10.1. The number of phenolic OH excluding ortho intramolecular Hbond substituents is 1. The van der Waals surface area contributed by atoms with Crippen molar-refractivity contribution in [2.24, 2.45) is 5.73 Å². The normalized spacial score (nSPS) is 16.4. The first-order valence-corrected chi connectivity index (χ1v) is 10.8. The molecule has 1 fully saturated rings. The lowest BCUT2D eigenvalue weighted by Crippen LogP contribution is -2.52. The van der Waals surface area contributed by atoms with Crippen LogP contribution in [0, 0.1) is 0 Å². The number of amides is 3. The lowest BCUT2D eigenvalue weighted by Gasteiger charge is -2.27. The Morgan fingerprint density at radius 1 is 1.06 bits per heavy atom. The van der Waals surface area contributed by atoms with Crippen molar-refractivity contribution in [2.45, 2.75) is 51.4 Å². The molecule has 0 spiro atoms. The summed E-state index contributed by atoms with van der Waals surface area (Å²) in [5, 5.41) is 15.0. The third kappa shape index (κ3) is 6.07. The van der Waals surface area contributed by atoms with Crippen LogP contribution in [0.4, 0.5) is 0 Å². The van der Waals surface area contributed by atoms with Crippen LogP contribution in [-0.2, 0) is 33.9 Å². The molecule has 8 heteroatoms. The summed E-state index contributed by atoms with van der Waals surface area (Å²) in [5.74, 6) is -0.628. The predicted molar refractivity (Wildman–Crippen MR) is 120 cm³/mol. The number of nitrogens with zero attached hydrogens (tertiary/aromatic N) is 1. The van der Waals surface area contributed by atoms with Gasteiger partial charge in [0.15, 0.2) is 0 Å². The maximum Gasteiger partial charge on any atom is 0.245 e. The number of carbonyl (C=O) groups excluding carboxylic acids is 3. The molecule has 2 aromatic rings. The van der Waals surface area contributed by atoms with Crippen molar-refractivity contribution >= 4 is 17.7 Å². The van der Waals surface area contributed by atoms with Gasteiger partial charge >= 0.3 is 0 Å². The number of nitrogens with two attached hydrogens (primary N) is 1. The van der Waals surface area contributed by atoms with E-state index in [9.17, 15) is 19.5 Å². The average molecular weight is 439 g/mol. The number of nitrogens with one attached hydrogen (secondary N) is 2. The van der Waals surface area contributed by atoms with E-state index >= 15 is 0 Å². The highest BCUT2D eigenvalue weighted by atomic mass is 16.3. The Morgan fingerprint density at radius 2 is 1.69 bits per heavy atom. The highest BCUT2D eigenvalue weighted by Gasteiger charge is 2.36. The van der Waals surface area contributed by atoms with Crippen molar-refractivity contribution in [3.63, 3.8) is 0 Å². The lowest BCUT2D eigenvalue weighted by molar-refractivity contribution is -0.141. The fraction of sp³-hybridized carbons (Fsp3) is 0.375. The summed E-state index contributed by atoms with van der Waals surface area (Å²) in [6.07, 6.45) is 1.44. The van der Waals surface area contributed by atoms with Crippen molar-refractivity contribution in [3.05, 3.63) is 65.2 Å². The molecule has 2 atom stereocenters. The molecular formula is C24H30N4O4. The van der Waals surface area contributed by atoms with Crippen LogP contribution in [0.3, 0.4) is 0 Å². The summed E-state index contributed by atoms with van der Waals surface area (Å²) >= 11 is 0. The highest BCUT2D eigenvalue weighted by molar-refractivity contribution is 5.92. The van der Waals surface area contributed by atoms with Crippen LogP contribution in [0.15, 0.2) is 48.5 Å². The molecular weight excluding hydrogens is 408 g/mol. The minimum Gasteiger partial charge on any atom is -0.508 e.